The summed E-state index contributed by atoms with van der Waals surface area (Å²) in [6.45, 7) is 0. The largest absolute Gasteiger partial charge is 0.496 e. The number of ether oxygens (including phenoxy) is 3. The molecule has 4 aromatic rings. The third kappa shape index (κ3) is 4.14. The van der Waals surface area contributed by atoms with Gasteiger partial charge in [-0.25, -0.2) is 0 Å². The Morgan fingerprint density at radius 2 is 1.47 bits per heavy atom. The van der Waals surface area contributed by atoms with Crippen LogP contribution in [0.1, 0.15) is 43.4 Å². The van der Waals surface area contributed by atoms with E-state index >= 15 is 4.79 Å². The first-order valence-corrected chi connectivity index (χ1v) is 15.2. The lowest BCUT2D eigenvalue weighted by molar-refractivity contribution is -0.122. The highest BCUT2D eigenvalue weighted by molar-refractivity contribution is 9.10. The average Bonchev–Trinajstić information content (AvgIpc) is 3.55. The van der Waals surface area contributed by atoms with Crippen LogP contribution in [-0.4, -0.2) is 49.7 Å². The molecule has 45 heavy (non-hydrogen) atoms. The third-order valence-corrected chi connectivity index (χ3v) is 9.85. The highest BCUT2D eigenvalue weighted by Crippen LogP contribution is 2.62. The van der Waals surface area contributed by atoms with Gasteiger partial charge in [-0.05, 0) is 81.2 Å². The van der Waals surface area contributed by atoms with E-state index in [1.165, 1.54) is 14.2 Å². The lowest BCUT2D eigenvalue weighted by Gasteiger charge is -2.38. The van der Waals surface area contributed by atoms with Crippen LogP contribution in [0.3, 0.4) is 0 Å². The van der Waals surface area contributed by atoms with Crippen LogP contribution in [0.4, 0.5) is 5.69 Å². The van der Waals surface area contributed by atoms with Gasteiger partial charge in [0.25, 0.3) is 0 Å². The molecule has 3 aliphatic heterocycles. The van der Waals surface area contributed by atoms with Gasteiger partial charge in [0, 0.05) is 23.0 Å². The van der Waals surface area contributed by atoms with Gasteiger partial charge in [0.1, 0.15) is 17.2 Å². The van der Waals surface area contributed by atoms with E-state index in [0.29, 0.717) is 44.1 Å². The summed E-state index contributed by atoms with van der Waals surface area (Å²) in [7, 11) is 4.57. The molecular formula is C36H29BrN2O6. The summed E-state index contributed by atoms with van der Waals surface area (Å²) in [6.07, 6.45) is 3.79. The number of carbonyl (C=O) groups excluding carboxylic acids is 3. The van der Waals surface area contributed by atoms with Gasteiger partial charge in [-0.1, -0.05) is 42.5 Å². The summed E-state index contributed by atoms with van der Waals surface area (Å²) in [5, 5.41) is 3.07. The van der Waals surface area contributed by atoms with Crippen LogP contribution in [-0.2, 0) is 10.2 Å². The number of fused-ring (bicyclic) bond motifs is 6. The number of nitrogens with zero attached hydrogens (tertiary/aromatic N) is 1. The van der Waals surface area contributed by atoms with Gasteiger partial charge >= 0.3 is 0 Å². The zero-order chi connectivity index (χ0) is 31.5. The zero-order valence-corrected chi connectivity index (χ0v) is 26.3. The molecule has 1 saturated heterocycles. The predicted molar refractivity (Wildman–Crippen MR) is 173 cm³/mol. The van der Waals surface area contributed by atoms with Crippen LogP contribution in [0, 0.1) is 5.92 Å². The second-order valence-corrected chi connectivity index (χ2v) is 12.1. The van der Waals surface area contributed by atoms with E-state index in [4.69, 9.17) is 14.2 Å². The van der Waals surface area contributed by atoms with Crippen molar-refractivity contribution in [2.75, 3.05) is 26.6 Å². The van der Waals surface area contributed by atoms with Gasteiger partial charge in [0.2, 0.25) is 5.91 Å². The molecule has 0 aromatic heterocycles. The second kappa shape index (κ2) is 10.9. The van der Waals surface area contributed by atoms with Crippen molar-refractivity contribution in [1.29, 1.82) is 0 Å². The van der Waals surface area contributed by atoms with Crippen LogP contribution >= 0.6 is 15.9 Å². The molecule has 0 aliphatic carbocycles. The molecule has 1 fully saturated rings. The average molecular weight is 666 g/mol. The summed E-state index contributed by atoms with van der Waals surface area (Å²) in [4.78, 5) is 46.5. The molecular weight excluding hydrogens is 636 g/mol. The Balaban J connectivity index is 1.51. The number of hydrogen-bond donors (Lipinski definition) is 1. The fourth-order valence-corrected chi connectivity index (χ4v) is 7.87. The number of hydrogen-bond acceptors (Lipinski definition) is 7. The summed E-state index contributed by atoms with van der Waals surface area (Å²) in [5.74, 6) is -0.682. The number of benzene rings is 4. The highest BCUT2D eigenvalue weighted by atomic mass is 79.9. The fraction of sp³-hybridized carbons (Fsp3) is 0.194. The van der Waals surface area contributed by atoms with Crippen LogP contribution in [0.25, 0.3) is 6.08 Å². The maximum absolute atomic E-state index is 15.1. The van der Waals surface area contributed by atoms with Crippen molar-refractivity contribution in [1.82, 2.24) is 4.90 Å². The van der Waals surface area contributed by atoms with Gasteiger partial charge in [0.05, 0.1) is 37.8 Å². The van der Waals surface area contributed by atoms with E-state index in [2.05, 4.69) is 21.2 Å². The molecule has 0 saturated carbocycles. The van der Waals surface area contributed by atoms with E-state index in [9.17, 15) is 9.59 Å². The van der Waals surface area contributed by atoms with Gasteiger partial charge in [0.15, 0.2) is 23.1 Å². The van der Waals surface area contributed by atoms with Crippen molar-refractivity contribution in [3.8, 4) is 17.2 Å². The second-order valence-electron chi connectivity index (χ2n) is 11.2. The summed E-state index contributed by atoms with van der Waals surface area (Å²) in [6, 6.07) is 23.6. The standard InChI is InChI=1S/C36H29BrN2O6/c1-43-27-14-12-21(18-25(27)37)33(41)31-30(32(40)22-13-15-28(44-2)29(19-22)45-3)36(24-10-6-7-11-26(24)38-35(36)42)34-23-9-5-4-8-20(23)16-17-39(31)34/h4-19,30-31,34H,1-3H3,(H,38,42)/t30-,31+,34-,36-/m1/s1. The monoisotopic (exact) mass is 664 g/mol. The van der Waals surface area contributed by atoms with Crippen LogP contribution in [0.5, 0.6) is 17.2 Å². The summed E-state index contributed by atoms with van der Waals surface area (Å²) >= 11 is 3.51. The lowest BCUT2D eigenvalue weighted by atomic mass is 9.62. The maximum Gasteiger partial charge on any atom is 0.238 e. The van der Waals surface area contributed by atoms with Crippen molar-refractivity contribution in [2.45, 2.75) is 17.5 Å². The zero-order valence-electron chi connectivity index (χ0n) is 24.7. The van der Waals surface area contributed by atoms with E-state index in [1.807, 2.05) is 65.7 Å². The van der Waals surface area contributed by atoms with Crippen molar-refractivity contribution in [2.24, 2.45) is 5.92 Å². The maximum atomic E-state index is 15.1. The Bertz CT molecular complexity index is 1920. The number of nitrogens with one attached hydrogen (secondary N) is 1. The Hall–Kier alpha value is -4.89. The first-order chi connectivity index (χ1) is 21.8. The van der Waals surface area contributed by atoms with Gasteiger partial charge < -0.3 is 24.4 Å². The van der Waals surface area contributed by atoms with Crippen LogP contribution in [0.2, 0.25) is 0 Å². The van der Waals surface area contributed by atoms with E-state index in [1.54, 1.807) is 43.5 Å². The third-order valence-electron chi connectivity index (χ3n) is 9.23. The topological polar surface area (TPSA) is 94.2 Å². The summed E-state index contributed by atoms with van der Waals surface area (Å²) in [5.41, 5.74) is 2.34. The molecule has 1 spiro atoms. The van der Waals surface area contributed by atoms with E-state index in [0.717, 1.165) is 11.1 Å². The van der Waals surface area contributed by atoms with Crippen molar-refractivity contribution in [3.05, 3.63) is 123 Å². The minimum atomic E-state index is -1.44. The fourth-order valence-electron chi connectivity index (χ4n) is 7.33. The Kier molecular flexibility index (Phi) is 7.00. The normalized spacial score (nSPS) is 22.4. The molecule has 3 aliphatic rings. The van der Waals surface area contributed by atoms with Crippen LogP contribution < -0.4 is 19.5 Å². The number of amides is 1. The van der Waals surface area contributed by atoms with Gasteiger partial charge in [-0.3, -0.25) is 14.4 Å². The highest BCUT2D eigenvalue weighted by Gasteiger charge is 2.70. The Morgan fingerprint density at radius 1 is 0.800 bits per heavy atom. The number of Topliss-reactive ketones (excluding diaryl/α,β-unsaturated/α-hetero) is 2. The minimum Gasteiger partial charge on any atom is -0.496 e. The number of para-hydroxylation sites is 1. The molecule has 1 amide bonds. The van der Waals surface area contributed by atoms with Crippen molar-refractivity contribution >= 4 is 45.2 Å². The molecule has 3 heterocycles. The number of rotatable bonds is 7. The number of anilines is 1. The van der Waals surface area contributed by atoms with E-state index < -0.39 is 23.4 Å². The molecule has 4 aromatic carbocycles. The molecule has 8 nitrogen and oxygen atoms in total. The van der Waals surface area contributed by atoms with Crippen molar-refractivity contribution in [3.63, 3.8) is 0 Å². The van der Waals surface area contributed by atoms with Gasteiger partial charge in [-0.2, -0.15) is 0 Å². The van der Waals surface area contributed by atoms with Gasteiger partial charge in [-0.15, -0.1) is 0 Å². The SMILES string of the molecule is COc1ccc(C(=O)[C@@H]2[C@H](C(=O)c3ccc(OC)c(OC)c3)[C@@]3(C(=O)Nc4ccccc43)[C@H]3c4ccccc4C=CN23)cc1Br. The Labute approximate surface area is 268 Å². The van der Waals surface area contributed by atoms with Crippen molar-refractivity contribution < 1.29 is 28.6 Å². The quantitative estimate of drug-likeness (QED) is 0.227. The lowest BCUT2D eigenvalue weighted by Crippen LogP contribution is -2.49. The van der Waals surface area contributed by atoms with Crippen LogP contribution in [0.15, 0.2) is 95.6 Å². The molecule has 226 valence electrons. The molecule has 9 heteroatoms. The first-order valence-electron chi connectivity index (χ1n) is 14.4. The number of ketones is 2. The number of methoxy groups -OCH3 is 3. The predicted octanol–water partition coefficient (Wildman–Crippen LogP) is 6.46. The summed E-state index contributed by atoms with van der Waals surface area (Å²) < 4.78 is 17.0. The number of carbonyl (C=O) groups is 3. The molecule has 4 atom stereocenters. The molecule has 0 bridgehead atoms. The minimum absolute atomic E-state index is 0.291. The first kappa shape index (κ1) is 28.9. The smallest absolute Gasteiger partial charge is 0.238 e. The molecule has 0 radical (unpaired) electrons. The molecule has 7 rings (SSSR count). The Morgan fingerprint density at radius 3 is 2.20 bits per heavy atom. The molecule has 0 unspecified atom stereocenters. The molecule has 1 N–H and O–H groups in total. The van der Waals surface area contributed by atoms with E-state index in [-0.39, 0.29) is 17.5 Å². The number of halogens is 1.